The van der Waals surface area contributed by atoms with Crippen LogP contribution in [0.3, 0.4) is 0 Å². The Hall–Kier alpha value is -1.32. The van der Waals surface area contributed by atoms with Crippen LogP contribution in [0.25, 0.3) is 0 Å². The van der Waals surface area contributed by atoms with Gasteiger partial charge in [-0.3, -0.25) is 9.59 Å². The van der Waals surface area contributed by atoms with Crippen LogP contribution in [-0.2, 0) is 9.59 Å². The monoisotopic (exact) mass is 225 g/mol. The molecule has 3 atom stereocenters. The van der Waals surface area contributed by atoms with Crippen molar-refractivity contribution >= 4 is 11.9 Å². The third-order valence-electron chi connectivity index (χ3n) is 3.37. The molecule has 0 spiro atoms. The fourth-order valence-electron chi connectivity index (χ4n) is 2.63. The van der Waals surface area contributed by atoms with Gasteiger partial charge in [-0.05, 0) is 32.1 Å². The van der Waals surface area contributed by atoms with E-state index in [-0.39, 0.29) is 11.8 Å². The van der Waals surface area contributed by atoms with Crippen molar-refractivity contribution in [1.82, 2.24) is 5.32 Å². The van der Waals surface area contributed by atoms with Gasteiger partial charge >= 0.3 is 5.97 Å². The Balaban J connectivity index is 2.89. The molecule has 0 radical (unpaired) electrons. The number of carbonyl (C=O) groups excluding carboxylic acids is 1. The molecular weight excluding hydrogens is 206 g/mol. The Bertz CT molecular complexity index is 313. The fourth-order valence-corrected chi connectivity index (χ4v) is 2.63. The van der Waals surface area contributed by atoms with Gasteiger partial charge in [0.05, 0.1) is 11.5 Å². The highest BCUT2D eigenvalue weighted by Gasteiger charge is 2.44. The van der Waals surface area contributed by atoms with E-state index in [9.17, 15) is 9.59 Å². The van der Waals surface area contributed by atoms with Crippen LogP contribution in [0, 0.1) is 11.8 Å². The van der Waals surface area contributed by atoms with E-state index in [0.717, 1.165) is 6.42 Å². The number of hydrogen-bond acceptors (Lipinski definition) is 2. The van der Waals surface area contributed by atoms with Crippen LogP contribution in [0.5, 0.6) is 0 Å². The Labute approximate surface area is 95.7 Å². The van der Waals surface area contributed by atoms with E-state index < -0.39 is 17.4 Å². The van der Waals surface area contributed by atoms with Gasteiger partial charge in [0.25, 0.3) is 0 Å². The summed E-state index contributed by atoms with van der Waals surface area (Å²) in [5.41, 5.74) is -0.658. The predicted molar refractivity (Wildman–Crippen MR) is 60.9 cm³/mol. The summed E-state index contributed by atoms with van der Waals surface area (Å²) in [7, 11) is 0. The van der Waals surface area contributed by atoms with E-state index in [1.54, 1.807) is 0 Å². The van der Waals surface area contributed by atoms with Crippen LogP contribution in [0.4, 0.5) is 0 Å². The van der Waals surface area contributed by atoms with Gasteiger partial charge in [0.1, 0.15) is 0 Å². The zero-order valence-corrected chi connectivity index (χ0v) is 9.82. The standard InChI is InChI=1S/C12H19NO3/c1-4-9-5-6-10(11(15)16)12(3,7-9)13-8(2)14/h4,9-10H,1,5-7H2,2-3H3,(H,13,14)(H,15,16)/t9-,10?,12-/m1/s1. The molecule has 90 valence electrons. The minimum Gasteiger partial charge on any atom is -0.481 e. The molecule has 1 saturated carbocycles. The molecule has 1 aliphatic rings. The lowest BCUT2D eigenvalue weighted by Crippen LogP contribution is -2.56. The van der Waals surface area contributed by atoms with Crippen LogP contribution in [-0.4, -0.2) is 22.5 Å². The smallest absolute Gasteiger partial charge is 0.308 e. The van der Waals surface area contributed by atoms with Gasteiger partial charge in [-0.2, -0.15) is 0 Å². The number of carboxylic acid groups (broad SMARTS) is 1. The molecule has 1 unspecified atom stereocenters. The summed E-state index contributed by atoms with van der Waals surface area (Å²) in [4.78, 5) is 22.3. The summed E-state index contributed by atoms with van der Waals surface area (Å²) in [6.07, 6.45) is 3.91. The molecule has 0 bridgehead atoms. The average molecular weight is 225 g/mol. The fraction of sp³-hybridized carbons (Fsp3) is 0.667. The normalized spacial score (nSPS) is 34.1. The van der Waals surface area contributed by atoms with E-state index in [1.165, 1.54) is 6.92 Å². The molecule has 16 heavy (non-hydrogen) atoms. The number of rotatable bonds is 3. The van der Waals surface area contributed by atoms with Crippen molar-refractivity contribution in [2.24, 2.45) is 11.8 Å². The minimum atomic E-state index is -0.834. The number of carboxylic acids is 1. The molecule has 1 fully saturated rings. The number of carbonyl (C=O) groups is 2. The lowest BCUT2D eigenvalue weighted by Gasteiger charge is -2.42. The number of aliphatic carboxylic acids is 1. The maximum Gasteiger partial charge on any atom is 0.308 e. The average Bonchev–Trinajstić information content (AvgIpc) is 2.14. The van der Waals surface area contributed by atoms with Gasteiger partial charge < -0.3 is 10.4 Å². The highest BCUT2D eigenvalue weighted by Crippen LogP contribution is 2.37. The number of amides is 1. The Kier molecular flexibility index (Phi) is 3.73. The van der Waals surface area contributed by atoms with Crippen LogP contribution in [0.1, 0.15) is 33.1 Å². The lowest BCUT2D eigenvalue weighted by molar-refractivity contribution is -0.147. The zero-order chi connectivity index (χ0) is 12.3. The summed E-state index contributed by atoms with van der Waals surface area (Å²) in [5, 5.41) is 12.0. The molecule has 2 N–H and O–H groups in total. The van der Waals surface area contributed by atoms with Gasteiger partial charge in [0.15, 0.2) is 0 Å². The molecule has 0 aromatic heterocycles. The Morgan fingerprint density at radius 2 is 2.12 bits per heavy atom. The zero-order valence-electron chi connectivity index (χ0n) is 9.82. The van der Waals surface area contributed by atoms with Crippen molar-refractivity contribution in [3.8, 4) is 0 Å². The number of allylic oxidation sites excluding steroid dienone is 1. The highest BCUT2D eigenvalue weighted by atomic mass is 16.4. The third kappa shape index (κ3) is 2.62. The van der Waals surface area contributed by atoms with Crippen LogP contribution < -0.4 is 5.32 Å². The SMILES string of the molecule is C=C[C@@H]1CCC(C(=O)O)[C@](C)(NC(C)=O)C1. The van der Waals surface area contributed by atoms with Crippen LogP contribution >= 0.6 is 0 Å². The van der Waals surface area contributed by atoms with Crippen LogP contribution in [0.2, 0.25) is 0 Å². The molecule has 0 heterocycles. The van der Waals surface area contributed by atoms with Gasteiger partial charge in [0, 0.05) is 6.92 Å². The molecular formula is C12H19NO3. The predicted octanol–water partition coefficient (Wildman–Crippen LogP) is 1.57. The summed E-state index contributed by atoms with van der Waals surface area (Å²) in [6.45, 7) is 6.97. The van der Waals surface area contributed by atoms with Crippen molar-refractivity contribution in [3.05, 3.63) is 12.7 Å². The largest absolute Gasteiger partial charge is 0.481 e. The molecule has 0 aromatic carbocycles. The maximum atomic E-state index is 11.2. The second-order valence-electron chi connectivity index (χ2n) is 4.77. The van der Waals surface area contributed by atoms with E-state index in [0.29, 0.717) is 12.8 Å². The first-order chi connectivity index (χ1) is 7.39. The topological polar surface area (TPSA) is 66.4 Å². The maximum absolute atomic E-state index is 11.2. The van der Waals surface area contributed by atoms with Crippen molar-refractivity contribution in [3.63, 3.8) is 0 Å². The molecule has 4 heteroatoms. The third-order valence-corrected chi connectivity index (χ3v) is 3.37. The van der Waals surface area contributed by atoms with E-state index in [1.807, 2.05) is 13.0 Å². The summed E-state index contributed by atoms with van der Waals surface area (Å²) in [6, 6.07) is 0. The number of hydrogen-bond donors (Lipinski definition) is 2. The van der Waals surface area contributed by atoms with Crippen molar-refractivity contribution in [1.29, 1.82) is 0 Å². The Morgan fingerprint density at radius 3 is 2.56 bits per heavy atom. The molecule has 0 saturated heterocycles. The quantitative estimate of drug-likeness (QED) is 0.716. The first kappa shape index (κ1) is 12.7. The van der Waals surface area contributed by atoms with Gasteiger partial charge in [-0.25, -0.2) is 0 Å². The summed E-state index contributed by atoms with van der Waals surface area (Å²) >= 11 is 0. The van der Waals surface area contributed by atoms with Crippen molar-refractivity contribution in [2.75, 3.05) is 0 Å². The van der Waals surface area contributed by atoms with E-state index in [4.69, 9.17) is 5.11 Å². The minimum absolute atomic E-state index is 0.182. The summed E-state index contributed by atoms with van der Waals surface area (Å²) in [5.74, 6) is -1.24. The second kappa shape index (κ2) is 4.68. The first-order valence-corrected chi connectivity index (χ1v) is 5.53. The number of nitrogens with one attached hydrogen (secondary N) is 1. The van der Waals surface area contributed by atoms with Crippen LogP contribution in [0.15, 0.2) is 12.7 Å². The van der Waals surface area contributed by atoms with E-state index in [2.05, 4.69) is 11.9 Å². The van der Waals surface area contributed by atoms with E-state index >= 15 is 0 Å². The van der Waals surface area contributed by atoms with Gasteiger partial charge in [0.2, 0.25) is 5.91 Å². The van der Waals surface area contributed by atoms with Gasteiger partial charge in [-0.1, -0.05) is 6.08 Å². The molecule has 4 nitrogen and oxygen atoms in total. The Morgan fingerprint density at radius 1 is 1.50 bits per heavy atom. The molecule has 1 rings (SSSR count). The van der Waals surface area contributed by atoms with Crippen molar-refractivity contribution < 1.29 is 14.7 Å². The molecule has 1 aliphatic carbocycles. The molecule has 1 amide bonds. The summed E-state index contributed by atoms with van der Waals surface area (Å²) < 4.78 is 0. The first-order valence-electron chi connectivity index (χ1n) is 5.53. The highest BCUT2D eigenvalue weighted by molar-refractivity contribution is 5.77. The molecule has 0 aromatic rings. The second-order valence-corrected chi connectivity index (χ2v) is 4.77. The van der Waals surface area contributed by atoms with Crippen molar-refractivity contribution in [2.45, 2.75) is 38.6 Å². The van der Waals surface area contributed by atoms with Gasteiger partial charge in [-0.15, -0.1) is 6.58 Å². The molecule has 0 aliphatic heterocycles. The lowest BCUT2D eigenvalue weighted by atomic mass is 9.69.